The van der Waals surface area contributed by atoms with Gasteiger partial charge in [-0.1, -0.05) is 0 Å². The number of fused-ring (bicyclic) bond motifs is 1. The summed E-state index contributed by atoms with van der Waals surface area (Å²) in [6.45, 7) is 1.85. The second-order valence-corrected chi connectivity index (χ2v) is 2.09. The van der Waals surface area contributed by atoms with Gasteiger partial charge in [-0.3, -0.25) is 5.10 Å². The summed E-state index contributed by atoms with van der Waals surface area (Å²) in [6.07, 6.45) is 3.45. The van der Waals surface area contributed by atoms with Gasteiger partial charge in [0.2, 0.25) is 0 Å². The highest BCUT2D eigenvalue weighted by atomic mass is 15.1. The maximum absolute atomic E-state index is 4.11. The second-order valence-electron chi connectivity index (χ2n) is 2.09. The van der Waals surface area contributed by atoms with E-state index >= 15 is 0 Å². The lowest BCUT2D eigenvalue weighted by Crippen LogP contribution is -1.85. The zero-order valence-electron chi connectivity index (χ0n) is 5.50. The highest BCUT2D eigenvalue weighted by Crippen LogP contribution is 2.03. The molecule has 0 spiro atoms. The first-order valence-electron chi connectivity index (χ1n) is 2.99. The van der Waals surface area contributed by atoms with Crippen molar-refractivity contribution in [2.24, 2.45) is 0 Å². The molecule has 2 aromatic rings. The molecule has 0 aliphatic carbocycles. The molecule has 0 unspecified atom stereocenters. The van der Waals surface area contributed by atoms with E-state index in [1.165, 1.54) is 0 Å². The van der Waals surface area contributed by atoms with Gasteiger partial charge >= 0.3 is 0 Å². The predicted molar refractivity (Wildman–Crippen MR) is 36.4 cm³/mol. The van der Waals surface area contributed by atoms with Crippen molar-refractivity contribution in [3.05, 3.63) is 18.2 Å². The van der Waals surface area contributed by atoms with Gasteiger partial charge in [-0.15, -0.1) is 0 Å². The van der Waals surface area contributed by atoms with Gasteiger partial charge in [0.25, 0.3) is 0 Å². The van der Waals surface area contributed by atoms with Crippen molar-refractivity contribution >= 4 is 11.0 Å². The fourth-order valence-electron chi connectivity index (χ4n) is 0.826. The number of aromatic nitrogens is 4. The third kappa shape index (κ3) is 0.655. The molecule has 50 valence electrons. The van der Waals surface area contributed by atoms with Crippen molar-refractivity contribution in [3.8, 4) is 0 Å². The van der Waals surface area contributed by atoms with Crippen LogP contribution in [0.1, 0.15) is 5.82 Å². The number of hydrogen-bond acceptors (Lipinski definition) is 3. The van der Waals surface area contributed by atoms with Crippen LogP contribution in [0.5, 0.6) is 0 Å². The minimum absolute atomic E-state index is 0.761. The van der Waals surface area contributed by atoms with Crippen LogP contribution in [-0.2, 0) is 0 Å². The molecule has 0 radical (unpaired) electrons. The third-order valence-electron chi connectivity index (χ3n) is 1.31. The van der Waals surface area contributed by atoms with Crippen molar-refractivity contribution < 1.29 is 0 Å². The summed E-state index contributed by atoms with van der Waals surface area (Å²) in [7, 11) is 0. The Labute approximate surface area is 57.3 Å². The van der Waals surface area contributed by atoms with E-state index in [1.807, 2.05) is 6.92 Å². The van der Waals surface area contributed by atoms with E-state index in [4.69, 9.17) is 0 Å². The molecule has 2 rings (SSSR count). The van der Waals surface area contributed by atoms with Crippen molar-refractivity contribution in [1.82, 2.24) is 20.2 Å². The fraction of sp³-hybridized carbons (Fsp3) is 0.167. The molecule has 0 saturated heterocycles. The Balaban J connectivity index is 2.86. The normalized spacial score (nSPS) is 10.5. The molecule has 0 fully saturated rings. The standard InChI is InChI=1S/C6H6N4/c1-4-7-2-5-3-8-10-6(5)9-4/h2-3H,1H3,(H,7,8,9,10). The first-order valence-corrected chi connectivity index (χ1v) is 2.99. The van der Waals surface area contributed by atoms with Gasteiger partial charge in [0.1, 0.15) is 5.82 Å². The van der Waals surface area contributed by atoms with Crippen LogP contribution < -0.4 is 0 Å². The predicted octanol–water partition coefficient (Wildman–Crippen LogP) is 0.661. The quantitative estimate of drug-likeness (QED) is 0.575. The van der Waals surface area contributed by atoms with Crippen LogP contribution in [0.3, 0.4) is 0 Å². The molecule has 0 aliphatic rings. The van der Waals surface area contributed by atoms with Crippen LogP contribution >= 0.6 is 0 Å². The lowest BCUT2D eigenvalue weighted by molar-refractivity contribution is 1.05. The van der Waals surface area contributed by atoms with Crippen molar-refractivity contribution in [2.45, 2.75) is 6.92 Å². The molecule has 4 nitrogen and oxygen atoms in total. The first kappa shape index (κ1) is 5.34. The number of H-pyrrole nitrogens is 1. The summed E-state index contributed by atoms with van der Waals surface area (Å²) in [4.78, 5) is 8.11. The highest BCUT2D eigenvalue weighted by Gasteiger charge is 1.95. The molecule has 0 bridgehead atoms. The number of nitrogens with one attached hydrogen (secondary N) is 1. The van der Waals surface area contributed by atoms with E-state index in [0.29, 0.717) is 0 Å². The van der Waals surface area contributed by atoms with Gasteiger partial charge in [0.15, 0.2) is 5.65 Å². The lowest BCUT2D eigenvalue weighted by Gasteiger charge is -1.87. The van der Waals surface area contributed by atoms with E-state index in [2.05, 4.69) is 20.2 Å². The Morgan fingerprint density at radius 2 is 2.30 bits per heavy atom. The van der Waals surface area contributed by atoms with Gasteiger partial charge in [0, 0.05) is 6.20 Å². The summed E-state index contributed by atoms with van der Waals surface area (Å²) in [6, 6.07) is 0. The van der Waals surface area contributed by atoms with Crippen molar-refractivity contribution in [1.29, 1.82) is 0 Å². The van der Waals surface area contributed by atoms with Gasteiger partial charge in [-0.2, -0.15) is 5.10 Å². The Morgan fingerprint density at radius 1 is 1.40 bits per heavy atom. The number of hydrogen-bond donors (Lipinski definition) is 1. The smallest absolute Gasteiger partial charge is 0.158 e. The molecule has 0 aliphatic heterocycles. The van der Waals surface area contributed by atoms with E-state index in [9.17, 15) is 0 Å². The van der Waals surface area contributed by atoms with E-state index in [-0.39, 0.29) is 0 Å². The molecule has 2 heterocycles. The molecule has 1 N–H and O–H groups in total. The maximum atomic E-state index is 4.11. The SMILES string of the molecule is Cc1ncc2cn[nH]c2n1. The van der Waals surface area contributed by atoms with E-state index in [0.717, 1.165) is 16.9 Å². The van der Waals surface area contributed by atoms with E-state index < -0.39 is 0 Å². The van der Waals surface area contributed by atoms with E-state index in [1.54, 1.807) is 12.4 Å². The van der Waals surface area contributed by atoms with Crippen molar-refractivity contribution in [3.63, 3.8) is 0 Å². The minimum atomic E-state index is 0.761. The molecule has 0 aromatic carbocycles. The monoisotopic (exact) mass is 134 g/mol. The third-order valence-corrected chi connectivity index (χ3v) is 1.31. The first-order chi connectivity index (χ1) is 4.86. The maximum Gasteiger partial charge on any atom is 0.158 e. The van der Waals surface area contributed by atoms with Crippen LogP contribution in [0.4, 0.5) is 0 Å². The molecule has 4 heteroatoms. The van der Waals surface area contributed by atoms with Gasteiger partial charge < -0.3 is 0 Å². The van der Waals surface area contributed by atoms with Gasteiger partial charge in [-0.05, 0) is 6.92 Å². The summed E-state index contributed by atoms with van der Waals surface area (Å²) < 4.78 is 0. The Bertz CT molecular complexity index is 351. The summed E-state index contributed by atoms with van der Waals surface area (Å²) in [5.41, 5.74) is 0.799. The molecule has 0 atom stereocenters. The zero-order valence-corrected chi connectivity index (χ0v) is 5.50. The van der Waals surface area contributed by atoms with Crippen LogP contribution in [0, 0.1) is 6.92 Å². The second kappa shape index (κ2) is 1.76. The molecule has 2 aromatic heterocycles. The number of nitrogens with zero attached hydrogens (tertiary/aromatic N) is 3. The number of rotatable bonds is 0. The van der Waals surface area contributed by atoms with Gasteiger partial charge in [-0.25, -0.2) is 9.97 Å². The molecule has 0 amide bonds. The molecular weight excluding hydrogens is 128 g/mol. The fourth-order valence-corrected chi connectivity index (χ4v) is 0.826. The van der Waals surface area contributed by atoms with Crippen LogP contribution in [0.25, 0.3) is 11.0 Å². The van der Waals surface area contributed by atoms with Gasteiger partial charge in [0.05, 0.1) is 11.6 Å². The number of aryl methyl sites for hydroxylation is 1. The molecular formula is C6H6N4. The largest absolute Gasteiger partial charge is 0.261 e. The lowest BCUT2D eigenvalue weighted by atomic mass is 10.4. The zero-order chi connectivity index (χ0) is 6.97. The topological polar surface area (TPSA) is 54.5 Å². The Hall–Kier alpha value is -1.45. The average Bonchev–Trinajstić information content (AvgIpc) is 2.33. The summed E-state index contributed by atoms with van der Waals surface area (Å²) >= 11 is 0. The summed E-state index contributed by atoms with van der Waals surface area (Å²) in [5.74, 6) is 0.761. The highest BCUT2D eigenvalue weighted by molar-refractivity contribution is 5.72. The molecule has 10 heavy (non-hydrogen) atoms. The minimum Gasteiger partial charge on any atom is -0.261 e. The van der Waals surface area contributed by atoms with Crippen molar-refractivity contribution in [2.75, 3.05) is 0 Å². The van der Waals surface area contributed by atoms with Crippen LogP contribution in [-0.4, -0.2) is 20.2 Å². The Morgan fingerprint density at radius 3 is 3.20 bits per heavy atom. The number of aromatic amines is 1. The molecule has 0 saturated carbocycles. The van der Waals surface area contributed by atoms with Crippen LogP contribution in [0.15, 0.2) is 12.4 Å². The summed E-state index contributed by atoms with van der Waals surface area (Å²) in [5, 5.41) is 7.52. The Kier molecular flexibility index (Phi) is 0.943. The van der Waals surface area contributed by atoms with Crippen LogP contribution in [0.2, 0.25) is 0 Å². The average molecular weight is 134 g/mol.